The SMILES string of the molecule is Oc1cc(O)cc([C@@H]2CCc3c(O)cc(O)cc3O2)c1. The second kappa shape index (κ2) is 4.52. The largest absolute Gasteiger partial charge is 0.508 e. The maximum atomic E-state index is 9.76. The maximum Gasteiger partial charge on any atom is 0.130 e. The molecule has 0 aliphatic carbocycles. The fourth-order valence-electron chi connectivity index (χ4n) is 2.50. The molecule has 5 nitrogen and oxygen atoms in total. The summed E-state index contributed by atoms with van der Waals surface area (Å²) in [6.07, 6.45) is 0.846. The zero-order chi connectivity index (χ0) is 14.3. The van der Waals surface area contributed by atoms with Gasteiger partial charge < -0.3 is 25.2 Å². The van der Waals surface area contributed by atoms with Crippen molar-refractivity contribution in [3.63, 3.8) is 0 Å². The number of aromatic hydroxyl groups is 4. The van der Waals surface area contributed by atoms with Crippen molar-refractivity contribution in [3.8, 4) is 28.7 Å². The first-order valence-electron chi connectivity index (χ1n) is 6.27. The third-order valence-electron chi connectivity index (χ3n) is 3.39. The molecule has 1 heterocycles. The predicted octanol–water partition coefficient (Wildman–Crippen LogP) is 2.58. The van der Waals surface area contributed by atoms with Gasteiger partial charge in [-0.3, -0.25) is 0 Å². The molecule has 0 bridgehead atoms. The van der Waals surface area contributed by atoms with Crippen molar-refractivity contribution in [2.24, 2.45) is 0 Å². The lowest BCUT2D eigenvalue weighted by Crippen LogP contribution is -2.15. The van der Waals surface area contributed by atoms with Crippen LogP contribution >= 0.6 is 0 Å². The van der Waals surface area contributed by atoms with Crippen LogP contribution in [-0.4, -0.2) is 20.4 Å². The minimum absolute atomic E-state index is 0.0113. The van der Waals surface area contributed by atoms with E-state index in [1.165, 1.54) is 30.3 Å². The first-order valence-corrected chi connectivity index (χ1v) is 6.27. The fourth-order valence-corrected chi connectivity index (χ4v) is 2.50. The van der Waals surface area contributed by atoms with E-state index in [1.54, 1.807) is 0 Å². The molecule has 3 rings (SSSR count). The van der Waals surface area contributed by atoms with E-state index < -0.39 is 0 Å². The second-order valence-corrected chi connectivity index (χ2v) is 4.87. The van der Waals surface area contributed by atoms with Crippen LogP contribution in [0.4, 0.5) is 0 Å². The molecule has 5 heteroatoms. The summed E-state index contributed by atoms with van der Waals surface area (Å²) in [6, 6.07) is 7.03. The highest BCUT2D eigenvalue weighted by molar-refractivity contribution is 5.51. The van der Waals surface area contributed by atoms with Crippen LogP contribution in [-0.2, 0) is 6.42 Å². The van der Waals surface area contributed by atoms with Crippen LogP contribution in [0.2, 0.25) is 0 Å². The van der Waals surface area contributed by atoms with Gasteiger partial charge in [0.05, 0.1) is 0 Å². The van der Waals surface area contributed by atoms with Gasteiger partial charge in [0.25, 0.3) is 0 Å². The smallest absolute Gasteiger partial charge is 0.130 e. The molecule has 0 amide bonds. The highest BCUT2D eigenvalue weighted by atomic mass is 16.5. The van der Waals surface area contributed by atoms with Crippen LogP contribution < -0.4 is 4.74 Å². The Kier molecular flexibility index (Phi) is 2.82. The van der Waals surface area contributed by atoms with E-state index in [9.17, 15) is 20.4 Å². The number of hydrogen-bond donors (Lipinski definition) is 4. The molecule has 0 saturated carbocycles. The molecule has 4 N–H and O–H groups in total. The lowest BCUT2D eigenvalue weighted by atomic mass is 9.96. The summed E-state index contributed by atoms with van der Waals surface area (Å²) in [4.78, 5) is 0. The molecule has 0 fully saturated rings. The Labute approximate surface area is 115 Å². The number of rotatable bonds is 1. The van der Waals surface area contributed by atoms with Gasteiger partial charge in [0.1, 0.15) is 34.9 Å². The number of phenolic OH excluding ortho intramolecular Hbond substituents is 4. The molecule has 2 aromatic rings. The molecule has 104 valence electrons. The van der Waals surface area contributed by atoms with E-state index in [4.69, 9.17) is 4.74 Å². The number of hydrogen-bond acceptors (Lipinski definition) is 5. The van der Waals surface area contributed by atoms with E-state index in [-0.39, 0.29) is 29.1 Å². The zero-order valence-electron chi connectivity index (χ0n) is 10.6. The Balaban J connectivity index is 1.95. The van der Waals surface area contributed by atoms with Crippen LogP contribution in [0.15, 0.2) is 30.3 Å². The number of ether oxygens (including phenoxy) is 1. The number of fused-ring (bicyclic) bond motifs is 1. The van der Waals surface area contributed by atoms with Gasteiger partial charge in [-0.05, 0) is 30.5 Å². The van der Waals surface area contributed by atoms with Gasteiger partial charge in [-0.1, -0.05) is 0 Å². The fraction of sp³-hybridized carbons (Fsp3) is 0.200. The summed E-state index contributed by atoms with van der Waals surface area (Å²) < 4.78 is 5.75. The second-order valence-electron chi connectivity index (χ2n) is 4.87. The molecule has 1 aliphatic rings. The predicted molar refractivity (Wildman–Crippen MR) is 71.2 cm³/mol. The van der Waals surface area contributed by atoms with Crippen molar-refractivity contribution in [3.05, 3.63) is 41.5 Å². The summed E-state index contributed by atoms with van der Waals surface area (Å²) >= 11 is 0. The van der Waals surface area contributed by atoms with E-state index in [0.717, 1.165) is 0 Å². The van der Waals surface area contributed by atoms with Gasteiger partial charge in [0.15, 0.2) is 0 Å². The quantitative estimate of drug-likeness (QED) is 0.641. The number of phenols is 4. The van der Waals surface area contributed by atoms with E-state index in [2.05, 4.69) is 0 Å². The lowest BCUT2D eigenvalue weighted by molar-refractivity contribution is 0.173. The third-order valence-corrected chi connectivity index (χ3v) is 3.39. The molecule has 0 unspecified atom stereocenters. The first kappa shape index (κ1) is 12.5. The average Bonchev–Trinajstić information content (AvgIpc) is 2.36. The van der Waals surface area contributed by atoms with Gasteiger partial charge in [0.2, 0.25) is 0 Å². The Morgan fingerprint density at radius 2 is 1.50 bits per heavy atom. The Bertz CT molecular complexity index is 645. The van der Waals surface area contributed by atoms with Gasteiger partial charge in [0, 0.05) is 23.8 Å². The van der Waals surface area contributed by atoms with Gasteiger partial charge >= 0.3 is 0 Å². The van der Waals surface area contributed by atoms with Crippen LogP contribution in [0.25, 0.3) is 0 Å². The van der Waals surface area contributed by atoms with Crippen molar-refractivity contribution in [2.45, 2.75) is 18.9 Å². The van der Waals surface area contributed by atoms with Gasteiger partial charge in [-0.2, -0.15) is 0 Å². The third kappa shape index (κ3) is 2.18. The summed E-state index contributed by atoms with van der Waals surface area (Å²) in [5, 5.41) is 38.3. The zero-order valence-corrected chi connectivity index (χ0v) is 10.6. The lowest BCUT2D eigenvalue weighted by Gasteiger charge is -2.27. The molecular formula is C15H14O5. The molecule has 0 spiro atoms. The van der Waals surface area contributed by atoms with E-state index >= 15 is 0 Å². The van der Waals surface area contributed by atoms with Crippen LogP contribution in [0.5, 0.6) is 28.7 Å². The molecule has 0 saturated heterocycles. The molecular weight excluding hydrogens is 260 g/mol. The minimum atomic E-state index is -0.346. The molecule has 0 radical (unpaired) electrons. The molecule has 0 aromatic heterocycles. The van der Waals surface area contributed by atoms with Gasteiger partial charge in [-0.25, -0.2) is 0 Å². The molecule has 2 aromatic carbocycles. The Morgan fingerprint density at radius 1 is 0.850 bits per heavy atom. The molecule has 1 atom stereocenters. The monoisotopic (exact) mass is 274 g/mol. The number of benzene rings is 2. The summed E-state index contributed by atoms with van der Waals surface area (Å²) in [5.41, 5.74) is 1.31. The molecule has 20 heavy (non-hydrogen) atoms. The normalized spacial score (nSPS) is 17.3. The topological polar surface area (TPSA) is 90.2 Å². The maximum absolute atomic E-state index is 9.76. The van der Waals surface area contributed by atoms with Crippen LogP contribution in [0, 0.1) is 0 Å². The van der Waals surface area contributed by atoms with E-state index in [1.807, 2.05) is 0 Å². The standard InChI is InChI=1S/C15H14O5/c16-9-3-8(4-10(17)5-9)14-2-1-12-13(19)6-11(18)7-15(12)20-14/h3-7,14,16-19H,1-2H2/t14-/m0/s1. The van der Waals surface area contributed by atoms with Crippen LogP contribution in [0.1, 0.15) is 23.7 Å². The highest BCUT2D eigenvalue weighted by Gasteiger charge is 2.25. The van der Waals surface area contributed by atoms with E-state index in [0.29, 0.717) is 29.7 Å². The Morgan fingerprint density at radius 3 is 2.20 bits per heavy atom. The van der Waals surface area contributed by atoms with Crippen molar-refractivity contribution in [1.82, 2.24) is 0 Å². The van der Waals surface area contributed by atoms with Crippen molar-refractivity contribution in [1.29, 1.82) is 0 Å². The van der Waals surface area contributed by atoms with Crippen molar-refractivity contribution >= 4 is 0 Å². The Hall–Kier alpha value is -2.56. The van der Waals surface area contributed by atoms with Crippen molar-refractivity contribution in [2.75, 3.05) is 0 Å². The van der Waals surface area contributed by atoms with Gasteiger partial charge in [-0.15, -0.1) is 0 Å². The van der Waals surface area contributed by atoms with Crippen molar-refractivity contribution < 1.29 is 25.2 Å². The summed E-state index contributed by atoms with van der Waals surface area (Å²) in [6.45, 7) is 0. The highest BCUT2D eigenvalue weighted by Crippen LogP contribution is 2.42. The summed E-state index contributed by atoms with van der Waals surface area (Å²) in [7, 11) is 0. The molecule has 1 aliphatic heterocycles. The average molecular weight is 274 g/mol. The van der Waals surface area contributed by atoms with Crippen LogP contribution in [0.3, 0.4) is 0 Å². The summed E-state index contributed by atoms with van der Waals surface area (Å²) in [5.74, 6) is 0.292. The first-order chi connectivity index (χ1) is 9.52. The minimum Gasteiger partial charge on any atom is -0.508 e.